The summed E-state index contributed by atoms with van der Waals surface area (Å²) in [5.74, 6) is 1.32. The fourth-order valence-electron chi connectivity index (χ4n) is 4.80. The SMILES string of the molecule is Cc1onc(-c2cccc(-c3cncnc3)c2)c1-c1csc(C2CCN(C(=O)Cc3cccs3)CC2)n1. The molecule has 0 radical (unpaired) electrons. The third-order valence-corrected chi connectivity index (χ3v) is 8.66. The molecule has 0 saturated carbocycles. The van der Waals surface area contributed by atoms with Gasteiger partial charge in [0.05, 0.1) is 22.7 Å². The maximum atomic E-state index is 12.7. The maximum absolute atomic E-state index is 12.7. The number of amides is 1. The molecule has 37 heavy (non-hydrogen) atoms. The molecule has 1 fully saturated rings. The van der Waals surface area contributed by atoms with Crippen molar-refractivity contribution >= 4 is 28.6 Å². The van der Waals surface area contributed by atoms with Crippen molar-refractivity contribution in [3.63, 3.8) is 0 Å². The second-order valence-corrected chi connectivity index (χ2v) is 11.1. The average molecular weight is 528 g/mol. The van der Waals surface area contributed by atoms with Crippen LogP contribution < -0.4 is 0 Å². The lowest BCUT2D eigenvalue weighted by Gasteiger charge is -2.31. The van der Waals surface area contributed by atoms with Gasteiger partial charge < -0.3 is 9.42 Å². The predicted octanol–water partition coefficient (Wildman–Crippen LogP) is 6.24. The minimum atomic E-state index is 0.217. The van der Waals surface area contributed by atoms with Gasteiger partial charge in [0.15, 0.2) is 0 Å². The lowest BCUT2D eigenvalue weighted by atomic mass is 9.97. The van der Waals surface area contributed by atoms with Gasteiger partial charge in [-0.1, -0.05) is 29.4 Å². The van der Waals surface area contributed by atoms with Gasteiger partial charge in [0.2, 0.25) is 5.91 Å². The summed E-state index contributed by atoms with van der Waals surface area (Å²) in [6, 6.07) is 12.2. The van der Waals surface area contributed by atoms with Crippen LogP contribution in [-0.4, -0.2) is 44.0 Å². The van der Waals surface area contributed by atoms with Crippen molar-refractivity contribution in [2.75, 3.05) is 13.1 Å². The van der Waals surface area contributed by atoms with E-state index < -0.39 is 0 Å². The number of benzene rings is 1. The largest absolute Gasteiger partial charge is 0.360 e. The second kappa shape index (κ2) is 10.4. The second-order valence-electron chi connectivity index (χ2n) is 9.15. The maximum Gasteiger partial charge on any atom is 0.227 e. The molecule has 1 saturated heterocycles. The third-order valence-electron chi connectivity index (χ3n) is 6.77. The van der Waals surface area contributed by atoms with E-state index in [1.807, 2.05) is 47.5 Å². The molecule has 7 nitrogen and oxygen atoms in total. The van der Waals surface area contributed by atoms with E-state index in [0.29, 0.717) is 12.3 Å². The van der Waals surface area contributed by atoms with Gasteiger partial charge in [0.1, 0.15) is 17.8 Å². The highest BCUT2D eigenvalue weighted by Gasteiger charge is 2.27. The number of rotatable bonds is 6. The Morgan fingerprint density at radius 2 is 1.86 bits per heavy atom. The van der Waals surface area contributed by atoms with E-state index in [0.717, 1.165) is 75.2 Å². The summed E-state index contributed by atoms with van der Waals surface area (Å²) in [6.07, 6.45) is 7.49. The zero-order valence-electron chi connectivity index (χ0n) is 20.3. The van der Waals surface area contributed by atoms with Crippen LogP contribution in [-0.2, 0) is 11.2 Å². The number of carbonyl (C=O) groups is 1. The van der Waals surface area contributed by atoms with Crippen molar-refractivity contribution < 1.29 is 9.32 Å². The van der Waals surface area contributed by atoms with E-state index in [4.69, 9.17) is 9.51 Å². The van der Waals surface area contributed by atoms with E-state index in [-0.39, 0.29) is 5.91 Å². The van der Waals surface area contributed by atoms with Crippen LogP contribution in [0.15, 0.2) is 70.4 Å². The zero-order chi connectivity index (χ0) is 25.2. The molecule has 186 valence electrons. The molecule has 0 bridgehead atoms. The standard InChI is InChI=1S/C28H25N5O2S2/c1-18-26(27(32-35-18)21-5-2-4-20(12-21)22-14-29-17-30-15-22)24-16-37-28(31-24)19-7-9-33(10-8-19)25(34)13-23-6-3-11-36-23/h2-6,11-12,14-17,19H,7-10,13H2,1H3. The Hall–Kier alpha value is -3.69. The van der Waals surface area contributed by atoms with Gasteiger partial charge in [-0.2, -0.15) is 0 Å². The molecule has 0 N–H and O–H groups in total. The Kier molecular flexibility index (Phi) is 6.63. The van der Waals surface area contributed by atoms with Gasteiger partial charge in [0.25, 0.3) is 0 Å². The summed E-state index contributed by atoms with van der Waals surface area (Å²) in [5.41, 5.74) is 5.51. The number of aromatic nitrogens is 4. The molecule has 6 rings (SSSR count). The summed E-state index contributed by atoms with van der Waals surface area (Å²) >= 11 is 3.32. The van der Waals surface area contributed by atoms with Crippen molar-refractivity contribution in [2.24, 2.45) is 0 Å². The number of carbonyl (C=O) groups excluding carboxylic acids is 1. The van der Waals surface area contributed by atoms with E-state index >= 15 is 0 Å². The van der Waals surface area contributed by atoms with E-state index in [1.54, 1.807) is 35.1 Å². The first kappa shape index (κ1) is 23.7. The van der Waals surface area contributed by atoms with Crippen LogP contribution in [0, 0.1) is 6.92 Å². The molecule has 1 aliphatic rings. The highest BCUT2D eigenvalue weighted by Crippen LogP contribution is 2.38. The highest BCUT2D eigenvalue weighted by atomic mass is 32.1. The first-order valence-electron chi connectivity index (χ1n) is 12.2. The fourth-order valence-corrected chi connectivity index (χ4v) is 6.48. The molecule has 0 atom stereocenters. The summed E-state index contributed by atoms with van der Waals surface area (Å²) < 4.78 is 5.63. The molecule has 0 aliphatic carbocycles. The number of hydrogen-bond acceptors (Lipinski definition) is 8. The fraction of sp³-hybridized carbons (Fsp3) is 0.250. The van der Waals surface area contributed by atoms with Gasteiger partial charge in [-0.05, 0) is 42.8 Å². The minimum Gasteiger partial charge on any atom is -0.360 e. The minimum absolute atomic E-state index is 0.217. The van der Waals surface area contributed by atoms with Crippen molar-refractivity contribution in [2.45, 2.75) is 32.1 Å². The molecule has 1 aromatic carbocycles. The van der Waals surface area contributed by atoms with Crippen LogP contribution in [0.5, 0.6) is 0 Å². The van der Waals surface area contributed by atoms with Crippen LogP contribution in [0.25, 0.3) is 33.6 Å². The third kappa shape index (κ3) is 4.97. The Morgan fingerprint density at radius 3 is 2.65 bits per heavy atom. The molecule has 0 unspecified atom stereocenters. The summed E-state index contributed by atoms with van der Waals surface area (Å²) in [6.45, 7) is 3.48. The number of thiazole rings is 1. The average Bonchev–Trinajstić information content (AvgIpc) is 3.71. The molecule has 1 aliphatic heterocycles. The molecular formula is C28H25N5O2S2. The summed E-state index contributed by atoms with van der Waals surface area (Å²) in [4.78, 5) is 29.1. The van der Waals surface area contributed by atoms with Gasteiger partial charge in [-0.15, -0.1) is 22.7 Å². The van der Waals surface area contributed by atoms with Gasteiger partial charge in [-0.3, -0.25) is 4.79 Å². The molecule has 0 spiro atoms. The summed E-state index contributed by atoms with van der Waals surface area (Å²) in [5, 5.41) is 9.63. The molecule has 9 heteroatoms. The van der Waals surface area contributed by atoms with Crippen LogP contribution in [0.1, 0.15) is 34.4 Å². The monoisotopic (exact) mass is 527 g/mol. The van der Waals surface area contributed by atoms with E-state index in [9.17, 15) is 4.79 Å². The number of nitrogens with zero attached hydrogens (tertiary/aromatic N) is 5. The first-order chi connectivity index (χ1) is 18.2. The Bertz CT molecular complexity index is 1500. The predicted molar refractivity (Wildman–Crippen MR) is 145 cm³/mol. The molecular weight excluding hydrogens is 502 g/mol. The van der Waals surface area contributed by atoms with Crippen LogP contribution in [0.2, 0.25) is 0 Å². The number of hydrogen-bond donors (Lipinski definition) is 0. The number of aryl methyl sites for hydroxylation is 1. The molecule has 1 amide bonds. The summed E-state index contributed by atoms with van der Waals surface area (Å²) in [7, 11) is 0. The van der Waals surface area contributed by atoms with Crippen molar-refractivity contribution in [1.82, 2.24) is 25.0 Å². The quantitative estimate of drug-likeness (QED) is 0.260. The first-order valence-corrected chi connectivity index (χ1v) is 14.0. The van der Waals surface area contributed by atoms with Crippen molar-refractivity contribution in [1.29, 1.82) is 0 Å². The van der Waals surface area contributed by atoms with E-state index in [1.165, 1.54) is 6.33 Å². The van der Waals surface area contributed by atoms with E-state index in [2.05, 4.69) is 26.6 Å². The lowest BCUT2D eigenvalue weighted by Crippen LogP contribution is -2.38. The number of piperidine rings is 1. The van der Waals surface area contributed by atoms with Crippen LogP contribution in [0.4, 0.5) is 0 Å². The Labute approximate surface area is 222 Å². The van der Waals surface area contributed by atoms with Gasteiger partial charge >= 0.3 is 0 Å². The molecule has 5 aromatic rings. The van der Waals surface area contributed by atoms with Crippen LogP contribution >= 0.6 is 22.7 Å². The molecule has 5 heterocycles. The van der Waals surface area contributed by atoms with Crippen molar-refractivity contribution in [3.8, 4) is 33.6 Å². The number of thiophene rings is 1. The van der Waals surface area contributed by atoms with Gasteiger partial charge in [0, 0.05) is 52.8 Å². The highest BCUT2D eigenvalue weighted by molar-refractivity contribution is 7.10. The number of likely N-dealkylation sites (tertiary alicyclic amines) is 1. The van der Waals surface area contributed by atoms with Gasteiger partial charge in [-0.25, -0.2) is 15.0 Å². The smallest absolute Gasteiger partial charge is 0.227 e. The molecule has 4 aromatic heterocycles. The lowest BCUT2D eigenvalue weighted by molar-refractivity contribution is -0.131. The normalized spacial score (nSPS) is 14.2. The Balaban J connectivity index is 1.19. The Morgan fingerprint density at radius 1 is 1.05 bits per heavy atom. The topological polar surface area (TPSA) is 85.0 Å². The zero-order valence-corrected chi connectivity index (χ0v) is 22.0. The van der Waals surface area contributed by atoms with Crippen LogP contribution in [0.3, 0.4) is 0 Å². The van der Waals surface area contributed by atoms with Crippen molar-refractivity contribution in [3.05, 3.63) is 81.5 Å².